The Labute approximate surface area is 191 Å². The Hall–Kier alpha value is -2.82. The van der Waals surface area contributed by atoms with E-state index in [-0.39, 0.29) is 10.8 Å². The first-order valence-corrected chi connectivity index (χ1v) is 12.6. The van der Waals surface area contributed by atoms with E-state index >= 15 is 0 Å². The zero-order chi connectivity index (χ0) is 23.5. The molecule has 32 heavy (non-hydrogen) atoms. The molecule has 170 valence electrons. The van der Waals surface area contributed by atoms with Crippen molar-refractivity contribution < 1.29 is 18.0 Å². The zero-order valence-electron chi connectivity index (χ0n) is 18.5. The average Bonchev–Trinajstić information content (AvgIpc) is 3.10. The number of rotatable bonds is 7. The predicted molar refractivity (Wildman–Crippen MR) is 126 cm³/mol. The van der Waals surface area contributed by atoms with Gasteiger partial charge in [-0.25, -0.2) is 8.42 Å². The van der Waals surface area contributed by atoms with Gasteiger partial charge in [0.15, 0.2) is 4.80 Å². The summed E-state index contributed by atoms with van der Waals surface area (Å²) in [4.78, 5) is 29.1. The van der Waals surface area contributed by atoms with Gasteiger partial charge in [-0.2, -0.15) is 9.30 Å². The first kappa shape index (κ1) is 23.8. The Morgan fingerprint density at radius 2 is 1.72 bits per heavy atom. The van der Waals surface area contributed by atoms with Gasteiger partial charge < -0.3 is 9.88 Å². The van der Waals surface area contributed by atoms with Crippen molar-refractivity contribution >= 4 is 49.1 Å². The fraction of sp³-hybridized carbons (Fsp3) is 0.318. The molecule has 0 aliphatic carbocycles. The molecule has 1 aromatic heterocycles. The Bertz CT molecular complexity index is 1320. The number of hydrogen-bond donors (Lipinski definition) is 1. The fourth-order valence-electron chi connectivity index (χ4n) is 3.38. The van der Waals surface area contributed by atoms with E-state index in [0.717, 1.165) is 10.2 Å². The van der Waals surface area contributed by atoms with Gasteiger partial charge in [0.25, 0.3) is 5.91 Å². The van der Waals surface area contributed by atoms with E-state index in [1.54, 1.807) is 13.8 Å². The highest BCUT2D eigenvalue weighted by molar-refractivity contribution is 7.89. The minimum absolute atomic E-state index is 0.147. The topological polar surface area (TPSA) is 101 Å². The molecule has 0 atom stereocenters. The van der Waals surface area contributed by atoms with Gasteiger partial charge in [0, 0.05) is 37.8 Å². The van der Waals surface area contributed by atoms with E-state index in [1.807, 2.05) is 29.7 Å². The van der Waals surface area contributed by atoms with Crippen molar-refractivity contribution in [2.75, 3.05) is 18.4 Å². The van der Waals surface area contributed by atoms with E-state index < -0.39 is 15.9 Å². The van der Waals surface area contributed by atoms with Gasteiger partial charge in [-0.1, -0.05) is 25.2 Å². The molecule has 0 saturated heterocycles. The first-order valence-electron chi connectivity index (χ1n) is 10.3. The number of hydrogen-bond acceptors (Lipinski definition) is 5. The van der Waals surface area contributed by atoms with Gasteiger partial charge >= 0.3 is 0 Å². The SMILES string of the molecule is CCN(CC)S(=O)(=O)c1ccc(C(=O)N=c2sc3cc(NC(C)=O)ccc3n2CC)cc1. The monoisotopic (exact) mass is 474 g/mol. The molecule has 0 aliphatic rings. The predicted octanol–water partition coefficient (Wildman–Crippen LogP) is 3.45. The standard InChI is InChI=1S/C22H26N4O4S2/c1-5-25(6-2)32(29,30)18-11-8-16(9-12-18)21(28)24-22-26(7-3)19-13-10-17(23-15(4)27)14-20(19)31-22/h8-14H,5-7H2,1-4H3,(H,23,27). The number of anilines is 1. The van der Waals surface area contributed by atoms with E-state index in [4.69, 9.17) is 0 Å². The van der Waals surface area contributed by atoms with Crippen molar-refractivity contribution in [3.05, 3.63) is 52.8 Å². The lowest BCUT2D eigenvalue weighted by atomic mass is 10.2. The van der Waals surface area contributed by atoms with Crippen LogP contribution in [0.25, 0.3) is 10.2 Å². The van der Waals surface area contributed by atoms with Crippen LogP contribution in [0.15, 0.2) is 52.4 Å². The molecule has 2 aromatic carbocycles. The second-order valence-electron chi connectivity index (χ2n) is 7.02. The Balaban J connectivity index is 1.96. The van der Waals surface area contributed by atoms with E-state index in [1.165, 1.54) is 46.8 Å². The Kier molecular flexibility index (Phi) is 7.27. The van der Waals surface area contributed by atoms with Gasteiger partial charge in [-0.05, 0) is 49.4 Å². The summed E-state index contributed by atoms with van der Waals surface area (Å²) in [5, 5.41) is 2.75. The number of nitrogens with one attached hydrogen (secondary N) is 1. The van der Waals surface area contributed by atoms with E-state index in [9.17, 15) is 18.0 Å². The fourth-order valence-corrected chi connectivity index (χ4v) is 5.97. The smallest absolute Gasteiger partial charge is 0.279 e. The number of aromatic nitrogens is 1. The van der Waals surface area contributed by atoms with Gasteiger partial charge in [0.1, 0.15) is 0 Å². The molecule has 2 amide bonds. The number of nitrogens with zero attached hydrogens (tertiary/aromatic N) is 3. The molecule has 3 rings (SSSR count). The normalized spacial score (nSPS) is 12.5. The van der Waals surface area contributed by atoms with E-state index in [2.05, 4.69) is 10.3 Å². The van der Waals surface area contributed by atoms with Crippen molar-refractivity contribution in [2.45, 2.75) is 39.1 Å². The maximum Gasteiger partial charge on any atom is 0.279 e. The molecule has 1 heterocycles. The molecular weight excluding hydrogens is 448 g/mol. The van der Waals surface area contributed by atoms with Crippen LogP contribution in [0.3, 0.4) is 0 Å². The van der Waals surface area contributed by atoms with Crippen molar-refractivity contribution in [1.82, 2.24) is 8.87 Å². The minimum Gasteiger partial charge on any atom is -0.326 e. The summed E-state index contributed by atoms with van der Waals surface area (Å²) >= 11 is 1.35. The highest BCUT2D eigenvalue weighted by Gasteiger charge is 2.21. The Morgan fingerprint density at radius 3 is 2.28 bits per heavy atom. The molecule has 0 fully saturated rings. The number of carbonyl (C=O) groups excluding carboxylic acids is 2. The molecular formula is C22H26N4O4S2. The van der Waals surface area contributed by atoms with Crippen LogP contribution in [0.5, 0.6) is 0 Å². The Morgan fingerprint density at radius 1 is 1.06 bits per heavy atom. The summed E-state index contributed by atoms with van der Waals surface area (Å²) in [5.41, 5.74) is 1.90. The number of amides is 2. The number of benzene rings is 2. The average molecular weight is 475 g/mol. The summed E-state index contributed by atoms with van der Waals surface area (Å²) in [6.07, 6.45) is 0. The maximum atomic E-state index is 12.8. The van der Waals surface area contributed by atoms with Crippen molar-refractivity contribution in [3.8, 4) is 0 Å². The van der Waals surface area contributed by atoms with Crippen molar-refractivity contribution in [2.24, 2.45) is 4.99 Å². The molecule has 0 unspecified atom stereocenters. The molecule has 0 radical (unpaired) electrons. The summed E-state index contributed by atoms with van der Waals surface area (Å²) < 4.78 is 29.5. The van der Waals surface area contributed by atoms with Crippen LogP contribution < -0.4 is 10.1 Å². The zero-order valence-corrected chi connectivity index (χ0v) is 20.1. The number of carbonyl (C=O) groups is 2. The second-order valence-corrected chi connectivity index (χ2v) is 9.97. The van der Waals surface area contributed by atoms with Crippen LogP contribution in [-0.4, -0.2) is 42.2 Å². The summed E-state index contributed by atoms with van der Waals surface area (Å²) in [6.45, 7) is 8.35. The third kappa shape index (κ3) is 4.82. The highest BCUT2D eigenvalue weighted by atomic mass is 32.2. The molecule has 1 N–H and O–H groups in total. The molecule has 0 bridgehead atoms. The number of sulfonamides is 1. The summed E-state index contributed by atoms with van der Waals surface area (Å²) in [5.74, 6) is -0.608. The van der Waals surface area contributed by atoms with Crippen molar-refractivity contribution in [1.29, 1.82) is 0 Å². The molecule has 0 aliphatic heterocycles. The molecule has 0 saturated carbocycles. The van der Waals surface area contributed by atoms with Crippen molar-refractivity contribution in [3.63, 3.8) is 0 Å². The van der Waals surface area contributed by atoms with E-state index in [0.29, 0.717) is 35.7 Å². The molecule has 0 spiro atoms. The van der Waals surface area contributed by atoms with Crippen LogP contribution in [0.1, 0.15) is 38.1 Å². The van der Waals surface area contributed by atoms with Gasteiger partial charge in [0.05, 0.1) is 15.1 Å². The molecule has 10 heteroatoms. The van der Waals surface area contributed by atoms with Gasteiger partial charge in [-0.3, -0.25) is 9.59 Å². The van der Waals surface area contributed by atoms with Gasteiger partial charge in [0.2, 0.25) is 15.9 Å². The molecule has 3 aromatic rings. The molecule has 8 nitrogen and oxygen atoms in total. The lowest BCUT2D eigenvalue weighted by Crippen LogP contribution is -2.30. The summed E-state index contributed by atoms with van der Waals surface area (Å²) in [6, 6.07) is 11.4. The summed E-state index contributed by atoms with van der Waals surface area (Å²) in [7, 11) is -3.58. The van der Waals surface area contributed by atoms with Crippen LogP contribution in [-0.2, 0) is 21.4 Å². The number of aryl methyl sites for hydroxylation is 1. The maximum absolute atomic E-state index is 12.8. The lowest BCUT2D eigenvalue weighted by molar-refractivity contribution is -0.114. The van der Waals surface area contributed by atoms with Gasteiger partial charge in [-0.15, -0.1) is 0 Å². The largest absolute Gasteiger partial charge is 0.326 e. The first-order chi connectivity index (χ1) is 15.2. The lowest BCUT2D eigenvalue weighted by Gasteiger charge is -2.18. The minimum atomic E-state index is -3.58. The second kappa shape index (κ2) is 9.76. The van der Waals surface area contributed by atoms with Crippen LogP contribution in [0.2, 0.25) is 0 Å². The highest BCUT2D eigenvalue weighted by Crippen LogP contribution is 2.22. The number of thiazole rings is 1. The third-order valence-electron chi connectivity index (χ3n) is 4.96. The third-order valence-corrected chi connectivity index (χ3v) is 8.07. The van der Waals surface area contributed by atoms with Crippen LogP contribution in [0, 0.1) is 0 Å². The quantitative estimate of drug-likeness (QED) is 0.567. The van der Waals surface area contributed by atoms with Crippen LogP contribution in [0.4, 0.5) is 5.69 Å². The van der Waals surface area contributed by atoms with Crippen LogP contribution >= 0.6 is 11.3 Å². The number of fused-ring (bicyclic) bond motifs is 1.